The van der Waals surface area contributed by atoms with Gasteiger partial charge in [-0.1, -0.05) is 51.0 Å². The summed E-state index contributed by atoms with van der Waals surface area (Å²) in [5, 5.41) is 2.88. The molecule has 0 radical (unpaired) electrons. The molecular formula is C27H39NO5. The molecular weight excluding hydrogens is 418 g/mol. The molecule has 1 saturated carbocycles. The molecule has 1 heterocycles. The van der Waals surface area contributed by atoms with Gasteiger partial charge >= 0.3 is 12.1 Å². The van der Waals surface area contributed by atoms with Crippen LogP contribution in [-0.2, 0) is 30.9 Å². The second kappa shape index (κ2) is 9.86. The summed E-state index contributed by atoms with van der Waals surface area (Å²) >= 11 is 0. The minimum atomic E-state index is -0.660. The maximum absolute atomic E-state index is 12.3. The summed E-state index contributed by atoms with van der Waals surface area (Å²) in [4.78, 5) is 36.6. The molecule has 1 amide bonds. The Morgan fingerprint density at radius 1 is 1.15 bits per heavy atom. The van der Waals surface area contributed by atoms with E-state index in [1.807, 2.05) is 26.8 Å². The lowest BCUT2D eigenvalue weighted by Gasteiger charge is -2.41. The zero-order valence-corrected chi connectivity index (χ0v) is 20.8. The Morgan fingerprint density at radius 2 is 1.85 bits per heavy atom. The smallest absolute Gasteiger partial charge is 0.407 e. The van der Waals surface area contributed by atoms with Crippen molar-refractivity contribution >= 4 is 17.8 Å². The Bertz CT molecular complexity index is 861. The first kappa shape index (κ1) is 25.3. The van der Waals surface area contributed by atoms with Crippen LogP contribution in [0.4, 0.5) is 4.79 Å². The molecule has 1 atom stereocenters. The molecule has 1 aromatic carbocycles. The van der Waals surface area contributed by atoms with Crippen LogP contribution in [0.15, 0.2) is 24.3 Å². The predicted molar refractivity (Wildman–Crippen MR) is 127 cm³/mol. The third-order valence-electron chi connectivity index (χ3n) is 6.87. The molecule has 0 bridgehead atoms. The average Bonchev–Trinajstić information content (AvgIpc) is 3.25. The van der Waals surface area contributed by atoms with Crippen molar-refractivity contribution in [2.45, 2.75) is 103 Å². The van der Waals surface area contributed by atoms with Gasteiger partial charge in [-0.2, -0.15) is 0 Å². The zero-order chi connectivity index (χ0) is 24.3. The molecule has 0 aromatic heterocycles. The van der Waals surface area contributed by atoms with Crippen LogP contribution in [0.2, 0.25) is 0 Å². The number of benzene rings is 1. The number of nitrogens with one attached hydrogen (secondary N) is 1. The van der Waals surface area contributed by atoms with Crippen molar-refractivity contribution in [2.75, 3.05) is 6.54 Å². The van der Waals surface area contributed by atoms with Crippen molar-refractivity contribution < 1.29 is 23.9 Å². The van der Waals surface area contributed by atoms with Gasteiger partial charge < -0.3 is 14.8 Å². The van der Waals surface area contributed by atoms with Gasteiger partial charge in [0, 0.05) is 18.4 Å². The van der Waals surface area contributed by atoms with Gasteiger partial charge in [0.1, 0.15) is 23.4 Å². The summed E-state index contributed by atoms with van der Waals surface area (Å²) in [6, 6.07) is 8.33. The zero-order valence-electron chi connectivity index (χ0n) is 20.8. The highest BCUT2D eigenvalue weighted by Gasteiger charge is 2.47. The molecule has 1 N–H and O–H groups in total. The Kier molecular flexibility index (Phi) is 7.55. The summed E-state index contributed by atoms with van der Waals surface area (Å²) < 4.78 is 11.3. The van der Waals surface area contributed by atoms with E-state index in [0.717, 1.165) is 43.2 Å². The molecule has 1 aliphatic carbocycles. The predicted octanol–water partition coefficient (Wildman–Crippen LogP) is 5.26. The number of amides is 1. The molecule has 1 saturated heterocycles. The fourth-order valence-corrected chi connectivity index (χ4v) is 5.09. The number of esters is 1. The number of alkyl carbamates (subject to hydrolysis) is 1. The summed E-state index contributed by atoms with van der Waals surface area (Å²) in [7, 11) is 0. The molecule has 1 aliphatic heterocycles. The largest absolute Gasteiger partial charge is 0.458 e. The molecule has 1 unspecified atom stereocenters. The van der Waals surface area contributed by atoms with Crippen LogP contribution in [0.1, 0.15) is 90.7 Å². The van der Waals surface area contributed by atoms with Crippen molar-refractivity contribution in [2.24, 2.45) is 5.92 Å². The van der Waals surface area contributed by atoms with Crippen LogP contribution in [-0.4, -0.2) is 35.6 Å². The summed E-state index contributed by atoms with van der Waals surface area (Å²) in [5.41, 5.74) is 0.774. The van der Waals surface area contributed by atoms with E-state index in [1.54, 1.807) is 0 Å². The second-order valence-corrected chi connectivity index (χ2v) is 11.4. The monoisotopic (exact) mass is 457 g/mol. The van der Waals surface area contributed by atoms with Gasteiger partial charge in [-0.25, -0.2) is 4.79 Å². The fourth-order valence-electron chi connectivity index (χ4n) is 5.09. The van der Waals surface area contributed by atoms with Crippen molar-refractivity contribution in [3.8, 4) is 0 Å². The van der Waals surface area contributed by atoms with Crippen LogP contribution in [0.3, 0.4) is 0 Å². The van der Waals surface area contributed by atoms with E-state index < -0.39 is 17.3 Å². The number of carbonyl (C=O) groups is 3. The van der Waals surface area contributed by atoms with Crippen LogP contribution < -0.4 is 5.32 Å². The van der Waals surface area contributed by atoms with Crippen molar-refractivity contribution in [1.29, 1.82) is 0 Å². The number of rotatable bonds is 7. The fraction of sp³-hybridized carbons (Fsp3) is 0.667. The number of Topliss-reactive ketones (excluding diaryl/α,β-unsaturated/α-hetero) is 1. The van der Waals surface area contributed by atoms with E-state index in [4.69, 9.17) is 9.47 Å². The molecule has 6 nitrogen and oxygen atoms in total. The third-order valence-corrected chi connectivity index (χ3v) is 6.87. The Labute approximate surface area is 197 Å². The Hall–Kier alpha value is -2.37. The lowest BCUT2D eigenvalue weighted by molar-refractivity contribution is -0.178. The number of ketones is 1. The first-order valence-electron chi connectivity index (χ1n) is 12.2. The van der Waals surface area contributed by atoms with E-state index in [-0.39, 0.29) is 29.5 Å². The van der Waals surface area contributed by atoms with E-state index in [1.165, 1.54) is 0 Å². The summed E-state index contributed by atoms with van der Waals surface area (Å²) in [5.74, 6) is -0.106. The van der Waals surface area contributed by atoms with Crippen LogP contribution >= 0.6 is 0 Å². The van der Waals surface area contributed by atoms with Gasteiger partial charge in [0.15, 0.2) is 0 Å². The molecule has 6 heteroatoms. The molecule has 1 aromatic rings. The molecule has 3 rings (SSSR count). The SMILES string of the molecule is CC(C)(C)OC(=O)NCC(C)(C)c1cccc(CCC2(C3CCCC3)CC(=O)CC(=O)O2)c1. The number of cyclic esters (lactones) is 1. The van der Waals surface area contributed by atoms with Gasteiger partial charge in [-0.05, 0) is 63.5 Å². The molecule has 182 valence electrons. The number of hydrogen-bond acceptors (Lipinski definition) is 5. The topological polar surface area (TPSA) is 81.7 Å². The van der Waals surface area contributed by atoms with Crippen LogP contribution in [0.5, 0.6) is 0 Å². The van der Waals surface area contributed by atoms with Gasteiger partial charge in [-0.3, -0.25) is 9.59 Å². The van der Waals surface area contributed by atoms with E-state index in [9.17, 15) is 14.4 Å². The Balaban J connectivity index is 1.68. The quantitative estimate of drug-likeness (QED) is 0.446. The van der Waals surface area contributed by atoms with Gasteiger partial charge in [-0.15, -0.1) is 0 Å². The van der Waals surface area contributed by atoms with Crippen molar-refractivity contribution in [3.05, 3.63) is 35.4 Å². The van der Waals surface area contributed by atoms with E-state index in [0.29, 0.717) is 19.4 Å². The van der Waals surface area contributed by atoms with Gasteiger partial charge in [0.05, 0.1) is 0 Å². The Morgan fingerprint density at radius 3 is 2.48 bits per heavy atom. The first-order chi connectivity index (χ1) is 15.4. The van der Waals surface area contributed by atoms with Gasteiger partial charge in [0.2, 0.25) is 0 Å². The maximum Gasteiger partial charge on any atom is 0.407 e. The molecule has 0 spiro atoms. The minimum Gasteiger partial charge on any atom is -0.458 e. The standard InChI is InChI=1S/C27H39NO5/c1-25(2,3)33-24(31)28-18-26(4,5)21-12-8-9-19(15-21)13-14-27(20-10-6-7-11-20)17-22(29)16-23(30)32-27/h8-9,12,15,20H,6-7,10-11,13-14,16-18H2,1-5H3,(H,28,31). The van der Waals surface area contributed by atoms with Crippen LogP contribution in [0.25, 0.3) is 0 Å². The normalized spacial score (nSPS) is 22.2. The average molecular weight is 458 g/mol. The molecule has 2 aliphatic rings. The number of hydrogen-bond donors (Lipinski definition) is 1. The third kappa shape index (κ3) is 6.81. The minimum absolute atomic E-state index is 0.00116. The second-order valence-electron chi connectivity index (χ2n) is 11.4. The molecule has 33 heavy (non-hydrogen) atoms. The highest BCUT2D eigenvalue weighted by atomic mass is 16.6. The summed E-state index contributed by atoms with van der Waals surface area (Å²) in [6.45, 7) is 10.2. The number of aryl methyl sites for hydroxylation is 1. The number of ether oxygens (including phenoxy) is 2. The van der Waals surface area contributed by atoms with E-state index in [2.05, 4.69) is 37.4 Å². The number of carbonyl (C=O) groups excluding carboxylic acids is 3. The van der Waals surface area contributed by atoms with E-state index >= 15 is 0 Å². The van der Waals surface area contributed by atoms with Crippen LogP contribution in [0, 0.1) is 5.92 Å². The van der Waals surface area contributed by atoms with Crippen molar-refractivity contribution in [1.82, 2.24) is 5.32 Å². The highest BCUT2D eigenvalue weighted by Crippen LogP contribution is 2.44. The lowest BCUT2D eigenvalue weighted by atomic mass is 9.75. The molecule has 2 fully saturated rings. The maximum atomic E-state index is 12.3. The first-order valence-corrected chi connectivity index (χ1v) is 12.2. The van der Waals surface area contributed by atoms with Gasteiger partial charge in [0.25, 0.3) is 0 Å². The highest BCUT2D eigenvalue weighted by molar-refractivity contribution is 5.98. The summed E-state index contributed by atoms with van der Waals surface area (Å²) in [6.07, 6.45) is 5.52. The lowest BCUT2D eigenvalue weighted by Crippen LogP contribution is -2.48. The van der Waals surface area contributed by atoms with Crippen molar-refractivity contribution in [3.63, 3.8) is 0 Å².